The summed E-state index contributed by atoms with van der Waals surface area (Å²) in [6.07, 6.45) is 1.58. The van der Waals surface area contributed by atoms with Gasteiger partial charge in [-0.3, -0.25) is 4.79 Å². The van der Waals surface area contributed by atoms with Gasteiger partial charge in [-0.2, -0.15) is 0 Å². The molecular weight excluding hydrogens is 324 g/mol. The van der Waals surface area contributed by atoms with Crippen LogP contribution in [-0.4, -0.2) is 21.2 Å². The molecule has 0 N–H and O–H groups in total. The molecule has 24 heavy (non-hydrogen) atoms. The fourth-order valence-electron chi connectivity index (χ4n) is 2.31. The summed E-state index contributed by atoms with van der Waals surface area (Å²) in [5, 5.41) is 8.09. The number of carbonyl (C=O) groups excluding carboxylic acids is 1. The molecule has 2 aromatic heterocycles. The zero-order chi connectivity index (χ0) is 17.3. The predicted octanol–water partition coefficient (Wildman–Crippen LogP) is 4.62. The van der Waals surface area contributed by atoms with E-state index >= 15 is 0 Å². The lowest BCUT2D eigenvalue weighted by Gasteiger charge is -2.09. The summed E-state index contributed by atoms with van der Waals surface area (Å²) in [5.74, 6) is 1.16. The van der Waals surface area contributed by atoms with Crippen LogP contribution >= 0.6 is 11.8 Å². The minimum absolute atomic E-state index is 0.0438. The highest BCUT2D eigenvalue weighted by Gasteiger charge is 2.21. The third-order valence-corrected chi connectivity index (χ3v) is 4.87. The van der Waals surface area contributed by atoms with Crippen molar-refractivity contribution >= 4 is 17.5 Å². The van der Waals surface area contributed by atoms with E-state index in [9.17, 15) is 4.79 Å². The summed E-state index contributed by atoms with van der Waals surface area (Å²) in [5.41, 5.74) is 3.74. The number of nitrogens with zero attached hydrogens (tertiary/aromatic N) is 2. The van der Waals surface area contributed by atoms with E-state index < -0.39 is 0 Å². The number of ketones is 1. The van der Waals surface area contributed by atoms with Crippen molar-refractivity contribution in [3.05, 3.63) is 53.0 Å². The Kier molecular flexibility index (Phi) is 4.57. The highest BCUT2D eigenvalue weighted by Crippen LogP contribution is 2.29. The lowest BCUT2D eigenvalue weighted by Crippen LogP contribution is -2.13. The summed E-state index contributed by atoms with van der Waals surface area (Å²) in [4.78, 5) is 12.6. The molecule has 0 unspecified atom stereocenters. The maximum atomic E-state index is 12.6. The van der Waals surface area contributed by atoms with Gasteiger partial charge in [0.1, 0.15) is 5.76 Å². The van der Waals surface area contributed by atoms with Gasteiger partial charge in [-0.25, -0.2) is 0 Å². The fourth-order valence-corrected chi connectivity index (χ4v) is 3.07. The number of Topliss-reactive ketones (excluding diaryl/α,β-unsaturated/α-hetero) is 1. The van der Waals surface area contributed by atoms with Crippen LogP contribution in [0.1, 0.15) is 34.2 Å². The van der Waals surface area contributed by atoms with Crippen molar-refractivity contribution in [3.8, 4) is 11.5 Å². The molecule has 0 fully saturated rings. The van der Waals surface area contributed by atoms with Crippen molar-refractivity contribution in [2.24, 2.45) is 0 Å². The first-order valence-electron chi connectivity index (χ1n) is 7.62. The summed E-state index contributed by atoms with van der Waals surface area (Å²) >= 11 is 1.26. The Morgan fingerprint density at radius 1 is 1.12 bits per heavy atom. The standard InChI is InChI=1S/C18H18N2O3S/c1-10-5-6-14(9-11(10)2)16(21)13(4)24-18-20-19-17(23-18)15-7-8-22-12(15)3/h5-9,13H,1-4H3/t13-/m0/s1. The number of benzene rings is 1. The summed E-state index contributed by atoms with van der Waals surface area (Å²) in [6.45, 7) is 7.70. The Hall–Kier alpha value is -2.34. The number of hydrogen-bond acceptors (Lipinski definition) is 6. The number of carbonyl (C=O) groups is 1. The molecule has 0 spiro atoms. The third-order valence-electron chi connectivity index (χ3n) is 3.93. The fraction of sp³-hybridized carbons (Fsp3) is 0.278. The van der Waals surface area contributed by atoms with Crippen LogP contribution in [0.4, 0.5) is 0 Å². The number of thioether (sulfide) groups is 1. The minimum Gasteiger partial charge on any atom is -0.469 e. The number of hydrogen-bond donors (Lipinski definition) is 0. The molecule has 0 aliphatic heterocycles. The maximum absolute atomic E-state index is 12.6. The van der Waals surface area contributed by atoms with Crippen molar-refractivity contribution in [1.82, 2.24) is 10.2 Å². The van der Waals surface area contributed by atoms with Gasteiger partial charge in [0.25, 0.3) is 11.1 Å². The lowest BCUT2D eigenvalue weighted by molar-refractivity contribution is 0.0993. The highest BCUT2D eigenvalue weighted by atomic mass is 32.2. The topological polar surface area (TPSA) is 69.1 Å². The van der Waals surface area contributed by atoms with Crippen LogP contribution in [0, 0.1) is 20.8 Å². The van der Waals surface area contributed by atoms with Crippen LogP contribution in [-0.2, 0) is 0 Å². The van der Waals surface area contributed by atoms with Crippen molar-refractivity contribution in [1.29, 1.82) is 0 Å². The number of aromatic nitrogens is 2. The van der Waals surface area contributed by atoms with E-state index in [1.807, 2.05) is 45.9 Å². The van der Waals surface area contributed by atoms with Crippen molar-refractivity contribution in [3.63, 3.8) is 0 Å². The molecule has 0 amide bonds. The second kappa shape index (κ2) is 6.65. The molecular formula is C18H18N2O3S. The molecule has 124 valence electrons. The molecule has 1 atom stereocenters. The Labute approximate surface area is 144 Å². The van der Waals surface area contributed by atoms with E-state index in [1.54, 1.807) is 12.3 Å². The molecule has 0 aliphatic carbocycles. The Morgan fingerprint density at radius 3 is 2.58 bits per heavy atom. The number of rotatable bonds is 5. The molecule has 0 saturated heterocycles. The zero-order valence-electron chi connectivity index (χ0n) is 14.0. The maximum Gasteiger partial charge on any atom is 0.277 e. The van der Waals surface area contributed by atoms with E-state index in [1.165, 1.54) is 17.3 Å². The van der Waals surface area contributed by atoms with Gasteiger partial charge in [0, 0.05) is 5.56 Å². The van der Waals surface area contributed by atoms with Gasteiger partial charge < -0.3 is 8.83 Å². The van der Waals surface area contributed by atoms with Gasteiger partial charge in [0.2, 0.25) is 0 Å². The van der Waals surface area contributed by atoms with Crippen LogP contribution < -0.4 is 0 Å². The lowest BCUT2D eigenvalue weighted by atomic mass is 10.0. The highest BCUT2D eigenvalue weighted by molar-refractivity contribution is 8.00. The SMILES string of the molecule is Cc1ccc(C(=O)[C@H](C)Sc2nnc(-c3ccoc3C)o2)cc1C. The number of furan rings is 1. The Morgan fingerprint density at radius 2 is 1.92 bits per heavy atom. The van der Waals surface area contributed by atoms with Crippen molar-refractivity contribution in [2.45, 2.75) is 38.2 Å². The van der Waals surface area contributed by atoms with Gasteiger partial charge in [0.05, 0.1) is 17.1 Å². The van der Waals surface area contributed by atoms with Gasteiger partial charge in [0.15, 0.2) is 5.78 Å². The van der Waals surface area contributed by atoms with Gasteiger partial charge in [-0.15, -0.1) is 10.2 Å². The molecule has 3 rings (SSSR count). The summed E-state index contributed by atoms with van der Waals surface area (Å²) in [6, 6.07) is 7.52. The quantitative estimate of drug-likeness (QED) is 0.498. The first kappa shape index (κ1) is 16.5. The predicted molar refractivity (Wildman–Crippen MR) is 92.3 cm³/mol. The molecule has 0 aliphatic rings. The van der Waals surface area contributed by atoms with Gasteiger partial charge in [-0.05, 0) is 51.0 Å². The monoisotopic (exact) mass is 342 g/mol. The third kappa shape index (κ3) is 3.28. The molecule has 5 nitrogen and oxygen atoms in total. The van der Waals surface area contributed by atoms with Gasteiger partial charge in [-0.1, -0.05) is 23.9 Å². The van der Waals surface area contributed by atoms with Crippen molar-refractivity contribution < 1.29 is 13.6 Å². The van der Waals surface area contributed by atoms with E-state index in [4.69, 9.17) is 8.83 Å². The van der Waals surface area contributed by atoms with Crippen LogP contribution in [0.3, 0.4) is 0 Å². The van der Waals surface area contributed by atoms with E-state index in [0.717, 1.165) is 16.9 Å². The van der Waals surface area contributed by atoms with E-state index in [0.29, 0.717) is 16.7 Å². The summed E-state index contributed by atoms with van der Waals surface area (Å²) in [7, 11) is 0. The molecule has 0 radical (unpaired) electrons. The minimum atomic E-state index is -0.314. The van der Waals surface area contributed by atoms with Crippen LogP contribution in [0.15, 0.2) is 44.6 Å². The van der Waals surface area contributed by atoms with Crippen molar-refractivity contribution in [2.75, 3.05) is 0 Å². The second-order valence-electron chi connectivity index (χ2n) is 5.69. The first-order valence-corrected chi connectivity index (χ1v) is 8.49. The van der Waals surface area contributed by atoms with Crippen LogP contribution in [0.5, 0.6) is 0 Å². The molecule has 1 aromatic carbocycles. The van der Waals surface area contributed by atoms with Crippen LogP contribution in [0.25, 0.3) is 11.5 Å². The summed E-state index contributed by atoms with van der Waals surface area (Å²) < 4.78 is 10.9. The average Bonchev–Trinajstić information content (AvgIpc) is 3.18. The molecule has 0 bridgehead atoms. The molecule has 6 heteroatoms. The molecule has 2 heterocycles. The Balaban J connectivity index is 1.74. The first-order chi connectivity index (χ1) is 11.5. The zero-order valence-corrected chi connectivity index (χ0v) is 14.8. The second-order valence-corrected chi connectivity index (χ2v) is 6.98. The Bertz CT molecular complexity index is 882. The normalized spacial score (nSPS) is 12.3. The molecule has 0 saturated carbocycles. The average molecular weight is 342 g/mol. The smallest absolute Gasteiger partial charge is 0.277 e. The van der Waals surface area contributed by atoms with E-state index in [-0.39, 0.29) is 11.0 Å². The number of aryl methyl sites for hydroxylation is 3. The largest absolute Gasteiger partial charge is 0.469 e. The molecule has 3 aromatic rings. The van der Waals surface area contributed by atoms with Crippen LogP contribution in [0.2, 0.25) is 0 Å². The van der Waals surface area contributed by atoms with E-state index in [2.05, 4.69) is 10.2 Å². The van der Waals surface area contributed by atoms with Gasteiger partial charge >= 0.3 is 0 Å².